The van der Waals surface area contributed by atoms with Crippen molar-refractivity contribution >= 4 is 39.1 Å². The normalized spacial score (nSPS) is 11.2. The Morgan fingerprint density at radius 2 is 1.48 bits per heavy atom. The zero-order valence-electron chi connectivity index (χ0n) is 15.4. The molecule has 5 nitrogen and oxygen atoms in total. The summed E-state index contributed by atoms with van der Waals surface area (Å²) in [5.41, 5.74) is 3.17. The number of hydrogen-bond acceptors (Lipinski definition) is 4. The maximum atomic E-state index is 11.3. The van der Waals surface area contributed by atoms with E-state index >= 15 is 0 Å². The van der Waals surface area contributed by atoms with Gasteiger partial charge in [-0.15, -0.1) is 0 Å². The average Bonchev–Trinajstić information content (AvgIpc) is 2.98. The monoisotopic (exact) mass is 361 g/mol. The van der Waals surface area contributed by atoms with Gasteiger partial charge in [0, 0.05) is 36.4 Å². The number of carbonyl (C=O) groups excluding carboxylic acids is 2. The Morgan fingerprint density at radius 1 is 0.815 bits per heavy atom. The van der Waals surface area contributed by atoms with Gasteiger partial charge in [0.05, 0.1) is 11.0 Å². The first-order valence-corrected chi connectivity index (χ1v) is 8.84. The molecule has 0 saturated carbocycles. The van der Waals surface area contributed by atoms with Crippen molar-refractivity contribution < 1.29 is 19.1 Å². The minimum absolute atomic E-state index is 0.336. The van der Waals surface area contributed by atoms with Gasteiger partial charge in [0.1, 0.15) is 11.5 Å². The maximum Gasteiger partial charge on any atom is 0.308 e. The summed E-state index contributed by atoms with van der Waals surface area (Å²) in [6.07, 6.45) is 0.825. The lowest BCUT2D eigenvalue weighted by Gasteiger charge is -2.11. The van der Waals surface area contributed by atoms with Gasteiger partial charge in [0.15, 0.2) is 0 Å². The van der Waals surface area contributed by atoms with E-state index < -0.39 is 0 Å². The number of aromatic nitrogens is 1. The fraction of sp³-hybridized carbons (Fsp3) is 0.182. The van der Waals surface area contributed by atoms with Gasteiger partial charge in [-0.2, -0.15) is 0 Å². The van der Waals surface area contributed by atoms with Crippen molar-refractivity contribution in [1.82, 2.24) is 4.40 Å². The molecule has 0 amide bonds. The van der Waals surface area contributed by atoms with Crippen LogP contribution < -0.4 is 9.47 Å². The van der Waals surface area contributed by atoms with Gasteiger partial charge in [-0.25, -0.2) is 0 Å². The molecule has 0 unspecified atom stereocenters. The number of ether oxygens (including phenoxy) is 2. The van der Waals surface area contributed by atoms with Gasteiger partial charge < -0.3 is 13.9 Å². The highest BCUT2D eigenvalue weighted by molar-refractivity contribution is 6.03. The molecule has 0 aliphatic rings. The minimum Gasteiger partial charge on any atom is -0.427 e. The lowest BCUT2D eigenvalue weighted by Crippen LogP contribution is -2.02. The molecule has 0 N–H and O–H groups in total. The third-order valence-electron chi connectivity index (χ3n) is 4.57. The summed E-state index contributed by atoms with van der Waals surface area (Å²) in [5, 5.41) is 3.15. The standard InChI is InChI=1S/C22H19NO4/c1-4-17-9-16-10-18(26-13(2)24)7-8-20(16)22-11-15-5-6-19(27-14(3)25)12-21(15)23(17)22/h5-12H,4H2,1-3H3. The molecule has 0 saturated heterocycles. The molecule has 0 spiro atoms. The molecular formula is C22H19NO4. The number of aryl methyl sites for hydroxylation is 1. The highest BCUT2D eigenvalue weighted by atomic mass is 16.5. The second-order valence-electron chi connectivity index (χ2n) is 6.51. The van der Waals surface area contributed by atoms with Crippen LogP contribution in [0.3, 0.4) is 0 Å². The lowest BCUT2D eigenvalue weighted by atomic mass is 10.1. The first-order chi connectivity index (χ1) is 13.0. The first-order valence-electron chi connectivity index (χ1n) is 8.84. The Labute approximate surface area is 156 Å². The molecule has 0 bridgehead atoms. The summed E-state index contributed by atoms with van der Waals surface area (Å²) >= 11 is 0. The van der Waals surface area contributed by atoms with Crippen molar-refractivity contribution in [3.63, 3.8) is 0 Å². The van der Waals surface area contributed by atoms with E-state index in [9.17, 15) is 9.59 Å². The minimum atomic E-state index is -0.339. The second kappa shape index (κ2) is 6.43. The largest absolute Gasteiger partial charge is 0.427 e. The number of rotatable bonds is 3. The van der Waals surface area contributed by atoms with Gasteiger partial charge >= 0.3 is 11.9 Å². The summed E-state index contributed by atoms with van der Waals surface area (Å²) in [5.74, 6) is 0.393. The van der Waals surface area contributed by atoms with E-state index in [1.165, 1.54) is 13.8 Å². The molecular weight excluding hydrogens is 342 g/mol. The predicted octanol–water partition coefficient (Wildman–Crippen LogP) is 4.66. The van der Waals surface area contributed by atoms with Crippen LogP contribution >= 0.6 is 0 Å². The zero-order chi connectivity index (χ0) is 19.1. The lowest BCUT2D eigenvalue weighted by molar-refractivity contribution is -0.132. The number of nitrogens with zero attached hydrogens (tertiary/aromatic N) is 1. The molecule has 4 rings (SSSR count). The van der Waals surface area contributed by atoms with Gasteiger partial charge in [0.2, 0.25) is 0 Å². The van der Waals surface area contributed by atoms with Crippen molar-refractivity contribution in [2.24, 2.45) is 0 Å². The van der Waals surface area contributed by atoms with Gasteiger partial charge in [0.25, 0.3) is 0 Å². The van der Waals surface area contributed by atoms with E-state index in [1.54, 1.807) is 12.1 Å². The van der Waals surface area contributed by atoms with Crippen LogP contribution in [0.25, 0.3) is 27.2 Å². The first kappa shape index (κ1) is 17.1. The van der Waals surface area contributed by atoms with Crippen LogP contribution in [-0.4, -0.2) is 16.3 Å². The molecule has 4 aromatic rings. The van der Waals surface area contributed by atoms with E-state index in [4.69, 9.17) is 9.47 Å². The SMILES string of the molecule is CCc1cc2cc(OC(C)=O)ccc2c2cc3ccc(OC(C)=O)cc3n12. The molecule has 0 radical (unpaired) electrons. The summed E-state index contributed by atoms with van der Waals surface area (Å²) in [6.45, 7) is 4.88. The van der Waals surface area contributed by atoms with Crippen molar-refractivity contribution in [3.05, 3.63) is 54.2 Å². The Balaban J connectivity index is 2.01. The van der Waals surface area contributed by atoms with E-state index in [0.717, 1.165) is 39.3 Å². The number of benzene rings is 2. The van der Waals surface area contributed by atoms with Crippen LogP contribution in [0.4, 0.5) is 0 Å². The number of hydrogen-bond donors (Lipinski definition) is 0. The molecule has 0 fully saturated rings. The molecule has 2 aromatic heterocycles. The number of esters is 2. The van der Waals surface area contributed by atoms with Crippen molar-refractivity contribution in [3.8, 4) is 11.5 Å². The fourth-order valence-corrected chi connectivity index (χ4v) is 3.55. The Kier molecular flexibility index (Phi) is 4.07. The van der Waals surface area contributed by atoms with Gasteiger partial charge in [-0.3, -0.25) is 9.59 Å². The Morgan fingerprint density at radius 3 is 2.15 bits per heavy atom. The average molecular weight is 361 g/mol. The maximum absolute atomic E-state index is 11.3. The number of carbonyl (C=O) groups is 2. The third-order valence-corrected chi connectivity index (χ3v) is 4.57. The summed E-state index contributed by atoms with van der Waals surface area (Å²) < 4.78 is 12.7. The van der Waals surface area contributed by atoms with Crippen LogP contribution in [-0.2, 0) is 16.0 Å². The number of fused-ring (bicyclic) bond motifs is 5. The second-order valence-corrected chi connectivity index (χ2v) is 6.51. The van der Waals surface area contributed by atoms with Crippen molar-refractivity contribution in [2.75, 3.05) is 0 Å². The van der Waals surface area contributed by atoms with Crippen LogP contribution in [0.5, 0.6) is 11.5 Å². The highest BCUT2D eigenvalue weighted by Crippen LogP contribution is 2.33. The highest BCUT2D eigenvalue weighted by Gasteiger charge is 2.13. The van der Waals surface area contributed by atoms with E-state index in [0.29, 0.717) is 11.5 Å². The molecule has 0 aliphatic heterocycles. The molecule has 0 aliphatic carbocycles. The quantitative estimate of drug-likeness (QED) is 0.393. The van der Waals surface area contributed by atoms with E-state index in [-0.39, 0.29) is 11.9 Å². The molecule has 2 aromatic carbocycles. The van der Waals surface area contributed by atoms with E-state index in [1.807, 2.05) is 24.3 Å². The van der Waals surface area contributed by atoms with Crippen LogP contribution in [0.2, 0.25) is 0 Å². The fourth-order valence-electron chi connectivity index (χ4n) is 3.55. The van der Waals surface area contributed by atoms with Crippen LogP contribution in [0.1, 0.15) is 26.5 Å². The van der Waals surface area contributed by atoms with Crippen LogP contribution in [0, 0.1) is 0 Å². The molecule has 0 atom stereocenters. The predicted molar refractivity (Wildman–Crippen MR) is 104 cm³/mol. The van der Waals surface area contributed by atoms with Crippen molar-refractivity contribution in [2.45, 2.75) is 27.2 Å². The third kappa shape index (κ3) is 3.01. The van der Waals surface area contributed by atoms with Gasteiger partial charge in [-0.05, 0) is 54.3 Å². The molecule has 136 valence electrons. The Hall–Kier alpha value is -3.34. The summed E-state index contributed by atoms with van der Waals surface area (Å²) in [4.78, 5) is 22.5. The van der Waals surface area contributed by atoms with E-state index in [2.05, 4.69) is 23.5 Å². The molecule has 5 heteroatoms. The van der Waals surface area contributed by atoms with Gasteiger partial charge in [-0.1, -0.05) is 6.92 Å². The number of pyridine rings is 1. The summed E-state index contributed by atoms with van der Waals surface area (Å²) in [7, 11) is 0. The Bertz CT molecular complexity index is 1220. The molecule has 2 heterocycles. The topological polar surface area (TPSA) is 57.0 Å². The van der Waals surface area contributed by atoms with Crippen LogP contribution in [0.15, 0.2) is 48.5 Å². The summed E-state index contributed by atoms with van der Waals surface area (Å²) in [6, 6.07) is 15.5. The van der Waals surface area contributed by atoms with Crippen molar-refractivity contribution in [1.29, 1.82) is 0 Å². The molecule has 27 heavy (non-hydrogen) atoms. The zero-order valence-corrected chi connectivity index (χ0v) is 15.4. The smallest absolute Gasteiger partial charge is 0.308 e.